The number of fused-ring (bicyclic) bond motifs is 6. The van der Waals surface area contributed by atoms with Crippen LogP contribution in [0.3, 0.4) is 0 Å². The van der Waals surface area contributed by atoms with Gasteiger partial charge in [0, 0.05) is 21.5 Å². The molecule has 52 heavy (non-hydrogen) atoms. The first-order valence-electron chi connectivity index (χ1n) is 18.1. The van der Waals surface area contributed by atoms with Crippen LogP contribution in [0.2, 0.25) is 0 Å². The first-order valence-corrected chi connectivity index (χ1v) is 18.1. The smallest absolute Gasteiger partial charge is 0.136 e. The molecule has 2 heteroatoms. The Hall–Kier alpha value is -6.38. The molecule has 0 fully saturated rings. The number of hydrogen-bond donors (Lipinski definition) is 0. The lowest BCUT2D eigenvalue weighted by Crippen LogP contribution is -2.10. The molecule has 2 aromatic heterocycles. The molecule has 0 saturated carbocycles. The Bertz CT molecular complexity index is 3180. The first-order chi connectivity index (χ1) is 25.4. The molecule has 0 atom stereocenters. The SMILES string of the molecule is CC(C)(C)c1cc2ccc3c(-c4ccc(-c5ccc6c(c5)oc5ccccc56)cc4)cc(-c4ccc5oc6ccccc6c5c4)c4ccc(c1)c2c34. The van der Waals surface area contributed by atoms with Crippen molar-refractivity contribution in [2.75, 3.05) is 0 Å². The molecule has 0 aliphatic rings. The van der Waals surface area contributed by atoms with Gasteiger partial charge in [0.05, 0.1) is 0 Å². The lowest BCUT2D eigenvalue weighted by Gasteiger charge is -2.23. The highest BCUT2D eigenvalue weighted by atomic mass is 16.3. The highest BCUT2D eigenvalue weighted by Gasteiger charge is 2.21. The van der Waals surface area contributed by atoms with Gasteiger partial charge in [-0.1, -0.05) is 130 Å². The zero-order chi connectivity index (χ0) is 34.7. The van der Waals surface area contributed by atoms with Gasteiger partial charge in [-0.25, -0.2) is 0 Å². The standard InChI is InChI=1S/C50H34O2/c1-50(2,3)35-24-33-17-21-39-41(30-14-12-29(13-15-30)31-16-20-38-36-8-4-6-10-44(36)52-47(38)27-31)28-42(40-22-18-34(25-35)48(33)49(39)40)32-19-23-46-43(26-32)37-9-5-7-11-45(37)51-46/h4-28H,1-3H3. The molecule has 0 N–H and O–H groups in total. The van der Waals surface area contributed by atoms with Gasteiger partial charge in [0.25, 0.3) is 0 Å². The molecule has 0 spiro atoms. The van der Waals surface area contributed by atoms with Crippen molar-refractivity contribution in [1.82, 2.24) is 0 Å². The summed E-state index contributed by atoms with van der Waals surface area (Å²) in [5.41, 5.74) is 12.2. The topological polar surface area (TPSA) is 26.3 Å². The van der Waals surface area contributed by atoms with Gasteiger partial charge in [-0.15, -0.1) is 0 Å². The summed E-state index contributed by atoms with van der Waals surface area (Å²) in [7, 11) is 0. The van der Waals surface area contributed by atoms with E-state index in [0.717, 1.165) is 55.0 Å². The van der Waals surface area contributed by atoms with Crippen molar-refractivity contribution in [3.8, 4) is 33.4 Å². The third-order valence-electron chi connectivity index (χ3n) is 11.2. The van der Waals surface area contributed by atoms with Gasteiger partial charge in [0.1, 0.15) is 22.3 Å². The predicted molar refractivity (Wildman–Crippen MR) is 220 cm³/mol. The van der Waals surface area contributed by atoms with E-state index in [0.29, 0.717) is 0 Å². The van der Waals surface area contributed by atoms with Gasteiger partial charge in [0.15, 0.2) is 0 Å². The largest absolute Gasteiger partial charge is 0.456 e. The van der Waals surface area contributed by atoms with Crippen LogP contribution in [0.4, 0.5) is 0 Å². The second-order valence-electron chi connectivity index (χ2n) is 15.3. The average molecular weight is 667 g/mol. The van der Waals surface area contributed by atoms with Gasteiger partial charge in [0.2, 0.25) is 0 Å². The molecule has 11 rings (SSSR count). The normalized spacial score (nSPS) is 12.5. The Balaban J connectivity index is 1.13. The first kappa shape index (κ1) is 29.4. The van der Waals surface area contributed by atoms with Crippen LogP contribution >= 0.6 is 0 Å². The molecule has 0 aliphatic carbocycles. The number of rotatable bonds is 3. The summed E-state index contributed by atoms with van der Waals surface area (Å²) in [6.45, 7) is 6.89. The van der Waals surface area contributed by atoms with Crippen molar-refractivity contribution in [2.45, 2.75) is 26.2 Å². The van der Waals surface area contributed by atoms with Gasteiger partial charge in [-0.2, -0.15) is 0 Å². The summed E-state index contributed by atoms with van der Waals surface area (Å²) in [4.78, 5) is 0. The molecule has 9 aromatic carbocycles. The minimum absolute atomic E-state index is 0.0558. The molecule has 0 bridgehead atoms. The maximum atomic E-state index is 6.24. The summed E-state index contributed by atoms with van der Waals surface area (Å²) < 4.78 is 12.5. The molecule has 0 aliphatic heterocycles. The van der Waals surface area contributed by atoms with Gasteiger partial charge < -0.3 is 8.83 Å². The molecule has 2 heterocycles. The van der Waals surface area contributed by atoms with Crippen LogP contribution < -0.4 is 0 Å². The third-order valence-corrected chi connectivity index (χ3v) is 11.2. The quantitative estimate of drug-likeness (QED) is 0.175. The van der Waals surface area contributed by atoms with Crippen molar-refractivity contribution in [1.29, 1.82) is 0 Å². The van der Waals surface area contributed by atoms with Gasteiger partial charge >= 0.3 is 0 Å². The average Bonchev–Trinajstić information content (AvgIpc) is 3.74. The lowest BCUT2D eigenvalue weighted by atomic mass is 9.81. The summed E-state index contributed by atoms with van der Waals surface area (Å²) >= 11 is 0. The van der Waals surface area contributed by atoms with Crippen LogP contribution in [-0.2, 0) is 5.41 Å². The summed E-state index contributed by atoms with van der Waals surface area (Å²) in [5, 5.41) is 12.3. The second-order valence-corrected chi connectivity index (χ2v) is 15.3. The van der Waals surface area contributed by atoms with Crippen molar-refractivity contribution in [3.63, 3.8) is 0 Å². The van der Waals surface area contributed by atoms with E-state index in [9.17, 15) is 0 Å². The van der Waals surface area contributed by atoms with Crippen molar-refractivity contribution in [2.24, 2.45) is 0 Å². The number of hydrogen-bond acceptors (Lipinski definition) is 2. The molecule has 0 unspecified atom stereocenters. The molecular formula is C50H34O2. The highest BCUT2D eigenvalue weighted by molar-refractivity contribution is 6.28. The Morgan fingerprint density at radius 3 is 1.56 bits per heavy atom. The summed E-state index contributed by atoms with van der Waals surface area (Å²) in [6.07, 6.45) is 0. The van der Waals surface area contributed by atoms with Crippen LogP contribution in [0, 0.1) is 0 Å². The predicted octanol–water partition coefficient (Wildman–Crippen LogP) is 14.7. The Morgan fingerprint density at radius 2 is 0.865 bits per heavy atom. The fourth-order valence-corrected chi connectivity index (χ4v) is 8.47. The summed E-state index contributed by atoms with van der Waals surface area (Å²) in [5.74, 6) is 0. The van der Waals surface area contributed by atoms with Crippen molar-refractivity contribution >= 4 is 76.2 Å². The fourth-order valence-electron chi connectivity index (χ4n) is 8.47. The highest BCUT2D eigenvalue weighted by Crippen LogP contribution is 2.46. The Kier molecular flexibility index (Phi) is 5.97. The van der Waals surface area contributed by atoms with Crippen LogP contribution in [0.1, 0.15) is 26.3 Å². The van der Waals surface area contributed by atoms with Gasteiger partial charge in [-0.05, 0) is 119 Å². The van der Waals surface area contributed by atoms with E-state index in [4.69, 9.17) is 8.83 Å². The summed E-state index contributed by atoms with van der Waals surface area (Å²) in [6, 6.07) is 55.3. The molecule has 2 nitrogen and oxygen atoms in total. The van der Waals surface area contributed by atoms with Crippen molar-refractivity contribution < 1.29 is 8.83 Å². The molecule has 0 saturated heterocycles. The van der Waals surface area contributed by atoms with E-state index >= 15 is 0 Å². The molecule has 0 radical (unpaired) electrons. The maximum absolute atomic E-state index is 6.24. The second kappa shape index (κ2) is 10.6. The molecular weight excluding hydrogens is 633 g/mol. The number of furan rings is 2. The van der Waals surface area contributed by atoms with Gasteiger partial charge in [-0.3, -0.25) is 0 Å². The van der Waals surface area contributed by atoms with E-state index < -0.39 is 0 Å². The Labute approximate surface area is 300 Å². The molecule has 0 amide bonds. The van der Waals surface area contributed by atoms with E-state index in [1.54, 1.807) is 0 Å². The maximum Gasteiger partial charge on any atom is 0.136 e. The number of para-hydroxylation sites is 2. The fraction of sp³-hybridized carbons (Fsp3) is 0.0800. The zero-order valence-electron chi connectivity index (χ0n) is 29.3. The Morgan fingerprint density at radius 1 is 0.346 bits per heavy atom. The van der Waals surface area contributed by atoms with E-state index in [2.05, 4.69) is 148 Å². The van der Waals surface area contributed by atoms with Crippen LogP contribution in [-0.4, -0.2) is 0 Å². The monoisotopic (exact) mass is 666 g/mol. The van der Waals surface area contributed by atoms with Crippen LogP contribution in [0.5, 0.6) is 0 Å². The molecule has 246 valence electrons. The lowest BCUT2D eigenvalue weighted by molar-refractivity contribution is 0.591. The number of benzene rings is 9. The minimum atomic E-state index is 0.0558. The zero-order valence-corrected chi connectivity index (χ0v) is 29.3. The third kappa shape index (κ3) is 4.31. The minimum Gasteiger partial charge on any atom is -0.456 e. The van der Waals surface area contributed by atoms with E-state index in [1.165, 1.54) is 60.1 Å². The van der Waals surface area contributed by atoms with Crippen LogP contribution in [0.15, 0.2) is 160 Å². The van der Waals surface area contributed by atoms with E-state index in [-0.39, 0.29) is 5.41 Å². The molecule has 11 aromatic rings. The van der Waals surface area contributed by atoms with E-state index in [1.807, 2.05) is 24.3 Å². The van der Waals surface area contributed by atoms with Crippen molar-refractivity contribution in [3.05, 3.63) is 157 Å². The van der Waals surface area contributed by atoms with Crippen LogP contribution in [0.25, 0.3) is 110 Å².